The molecule has 0 bridgehead atoms. The van der Waals surface area contributed by atoms with Crippen molar-refractivity contribution in [2.24, 2.45) is 5.92 Å². The average molecular weight is 502 g/mol. The first-order chi connectivity index (χ1) is 16.2. The molecule has 1 fully saturated rings. The SMILES string of the molecule is CS(=O)(=O)CC[C@H]1C[C@H](c2cccc(CF)c2)N(c2ccc(Oc3ccc(Cl)cc3)cc2)C1=O. The van der Waals surface area contributed by atoms with Gasteiger partial charge in [0, 0.05) is 22.9 Å². The Balaban J connectivity index is 1.61. The third kappa shape index (κ3) is 5.77. The van der Waals surface area contributed by atoms with Gasteiger partial charge in [-0.3, -0.25) is 4.79 Å². The number of hydrogen-bond acceptors (Lipinski definition) is 4. The van der Waals surface area contributed by atoms with E-state index in [9.17, 15) is 17.6 Å². The van der Waals surface area contributed by atoms with Crippen molar-refractivity contribution in [3.63, 3.8) is 0 Å². The van der Waals surface area contributed by atoms with Gasteiger partial charge in [0.15, 0.2) is 0 Å². The molecule has 0 N–H and O–H groups in total. The van der Waals surface area contributed by atoms with Gasteiger partial charge in [-0.25, -0.2) is 12.8 Å². The quantitative estimate of drug-likeness (QED) is 0.372. The maximum absolute atomic E-state index is 13.4. The molecule has 5 nitrogen and oxygen atoms in total. The summed E-state index contributed by atoms with van der Waals surface area (Å²) in [6.45, 7) is -0.594. The molecule has 0 aliphatic carbocycles. The highest BCUT2D eigenvalue weighted by molar-refractivity contribution is 7.90. The van der Waals surface area contributed by atoms with Crippen LogP contribution in [0.3, 0.4) is 0 Å². The molecule has 2 atom stereocenters. The maximum atomic E-state index is 13.4. The van der Waals surface area contributed by atoms with Gasteiger partial charge in [0.05, 0.1) is 11.8 Å². The van der Waals surface area contributed by atoms with Crippen LogP contribution in [0.1, 0.15) is 30.0 Å². The highest BCUT2D eigenvalue weighted by atomic mass is 35.5. The molecule has 1 heterocycles. The average Bonchev–Trinajstić information content (AvgIpc) is 3.15. The number of alkyl halides is 1. The standard InChI is InChI=1S/C26H25ClFNO4S/c1-34(31,32)14-13-20-16-25(19-4-2-3-18(15-19)17-28)29(26(20)30)22-7-11-24(12-8-22)33-23-9-5-21(27)6-10-23/h2-12,15,20,25H,13-14,16-17H2,1H3/t20-,25+/m0/s1. The number of amides is 1. The molecule has 0 saturated carbocycles. The molecule has 1 amide bonds. The van der Waals surface area contributed by atoms with Crippen LogP contribution in [0.15, 0.2) is 72.8 Å². The molecule has 3 aromatic carbocycles. The fourth-order valence-electron chi connectivity index (χ4n) is 4.21. The van der Waals surface area contributed by atoms with Crippen molar-refractivity contribution >= 4 is 33.0 Å². The summed E-state index contributed by atoms with van der Waals surface area (Å²) in [6.07, 6.45) is 1.89. The monoisotopic (exact) mass is 501 g/mol. The van der Waals surface area contributed by atoms with Crippen LogP contribution in [-0.4, -0.2) is 26.3 Å². The van der Waals surface area contributed by atoms with E-state index in [1.807, 2.05) is 6.07 Å². The summed E-state index contributed by atoms with van der Waals surface area (Å²) in [5, 5.41) is 0.614. The second-order valence-electron chi connectivity index (χ2n) is 8.50. The molecular weight excluding hydrogens is 477 g/mol. The van der Waals surface area contributed by atoms with E-state index in [2.05, 4.69) is 0 Å². The van der Waals surface area contributed by atoms with Gasteiger partial charge in [0.2, 0.25) is 5.91 Å². The number of sulfone groups is 1. The molecule has 1 aliphatic heterocycles. The molecule has 8 heteroatoms. The second-order valence-corrected chi connectivity index (χ2v) is 11.2. The lowest BCUT2D eigenvalue weighted by Crippen LogP contribution is -2.29. The number of halogens is 2. The first kappa shape index (κ1) is 24.2. The number of ether oxygens (including phenoxy) is 1. The Morgan fingerprint density at radius 2 is 1.68 bits per heavy atom. The van der Waals surface area contributed by atoms with Crippen molar-refractivity contribution in [3.05, 3.63) is 88.9 Å². The van der Waals surface area contributed by atoms with Crippen LogP contribution in [-0.2, 0) is 21.3 Å². The van der Waals surface area contributed by atoms with Crippen LogP contribution in [0.5, 0.6) is 11.5 Å². The fraction of sp³-hybridized carbons (Fsp3) is 0.269. The number of carbonyl (C=O) groups is 1. The molecule has 0 spiro atoms. The Hall–Kier alpha value is -2.90. The predicted molar refractivity (Wildman–Crippen MR) is 132 cm³/mol. The molecule has 1 aliphatic rings. The van der Waals surface area contributed by atoms with Crippen molar-refractivity contribution < 1.29 is 22.3 Å². The summed E-state index contributed by atoms with van der Waals surface area (Å²) >= 11 is 5.92. The lowest BCUT2D eigenvalue weighted by Gasteiger charge is -2.26. The van der Waals surface area contributed by atoms with E-state index in [0.717, 1.165) is 5.56 Å². The van der Waals surface area contributed by atoms with Gasteiger partial charge in [0.1, 0.15) is 28.0 Å². The zero-order valence-corrected chi connectivity index (χ0v) is 20.2. The van der Waals surface area contributed by atoms with E-state index in [1.54, 1.807) is 71.6 Å². The van der Waals surface area contributed by atoms with E-state index in [1.165, 1.54) is 6.26 Å². The summed E-state index contributed by atoms with van der Waals surface area (Å²) in [6, 6.07) is 21.0. The topological polar surface area (TPSA) is 63.7 Å². The van der Waals surface area contributed by atoms with Crippen LogP contribution in [0.25, 0.3) is 0 Å². The largest absolute Gasteiger partial charge is 0.457 e. The van der Waals surface area contributed by atoms with Crippen molar-refractivity contribution in [2.45, 2.75) is 25.6 Å². The van der Waals surface area contributed by atoms with Crippen LogP contribution < -0.4 is 9.64 Å². The fourth-order valence-corrected chi connectivity index (χ4v) is 5.05. The van der Waals surface area contributed by atoms with Crippen molar-refractivity contribution in [1.82, 2.24) is 0 Å². The van der Waals surface area contributed by atoms with Crippen LogP contribution >= 0.6 is 11.6 Å². The third-order valence-corrected chi connectivity index (χ3v) is 7.13. The van der Waals surface area contributed by atoms with Gasteiger partial charge >= 0.3 is 0 Å². The number of anilines is 1. The molecule has 1 saturated heterocycles. The molecule has 34 heavy (non-hydrogen) atoms. The van der Waals surface area contributed by atoms with Crippen LogP contribution in [0.4, 0.5) is 10.1 Å². The summed E-state index contributed by atoms with van der Waals surface area (Å²) in [5.41, 5.74) is 2.04. The normalized spacial score (nSPS) is 18.3. The molecule has 178 valence electrons. The highest BCUT2D eigenvalue weighted by Crippen LogP contribution is 2.42. The summed E-state index contributed by atoms with van der Waals surface area (Å²) < 4.78 is 42.5. The van der Waals surface area contributed by atoms with E-state index in [4.69, 9.17) is 16.3 Å². The third-order valence-electron chi connectivity index (χ3n) is 5.90. The zero-order valence-electron chi connectivity index (χ0n) is 18.7. The number of hydrogen-bond donors (Lipinski definition) is 0. The van der Waals surface area contributed by atoms with Gasteiger partial charge in [-0.15, -0.1) is 0 Å². The summed E-state index contributed by atoms with van der Waals surface area (Å²) in [7, 11) is -3.19. The molecule has 0 unspecified atom stereocenters. The van der Waals surface area contributed by atoms with Crippen molar-refractivity contribution in [3.8, 4) is 11.5 Å². The van der Waals surface area contributed by atoms with Crippen molar-refractivity contribution in [1.29, 1.82) is 0 Å². The van der Waals surface area contributed by atoms with Crippen LogP contribution in [0, 0.1) is 5.92 Å². The molecule has 0 aromatic heterocycles. The number of benzene rings is 3. The maximum Gasteiger partial charge on any atom is 0.230 e. The highest BCUT2D eigenvalue weighted by Gasteiger charge is 2.41. The van der Waals surface area contributed by atoms with E-state index < -0.39 is 22.4 Å². The number of nitrogens with zero attached hydrogens (tertiary/aromatic N) is 1. The minimum Gasteiger partial charge on any atom is -0.457 e. The van der Waals surface area contributed by atoms with Gasteiger partial charge in [-0.2, -0.15) is 0 Å². The smallest absolute Gasteiger partial charge is 0.230 e. The lowest BCUT2D eigenvalue weighted by molar-refractivity contribution is -0.120. The van der Waals surface area contributed by atoms with E-state index >= 15 is 0 Å². The van der Waals surface area contributed by atoms with E-state index in [0.29, 0.717) is 34.2 Å². The second kappa shape index (κ2) is 10.2. The Morgan fingerprint density at radius 1 is 1.03 bits per heavy atom. The Morgan fingerprint density at radius 3 is 2.29 bits per heavy atom. The van der Waals surface area contributed by atoms with E-state index in [-0.39, 0.29) is 24.1 Å². The predicted octanol–water partition coefficient (Wildman–Crippen LogP) is 6.13. The lowest BCUT2D eigenvalue weighted by atomic mass is 9.97. The molecule has 4 rings (SSSR count). The van der Waals surface area contributed by atoms with Crippen molar-refractivity contribution in [2.75, 3.05) is 16.9 Å². The minimum atomic E-state index is -3.19. The Labute approximate surface area is 204 Å². The number of carbonyl (C=O) groups excluding carboxylic acids is 1. The van der Waals surface area contributed by atoms with Gasteiger partial charge in [0.25, 0.3) is 0 Å². The summed E-state index contributed by atoms with van der Waals surface area (Å²) in [5.74, 6) is 0.616. The minimum absolute atomic E-state index is 0.0532. The van der Waals surface area contributed by atoms with Gasteiger partial charge < -0.3 is 9.64 Å². The van der Waals surface area contributed by atoms with Crippen LogP contribution in [0.2, 0.25) is 5.02 Å². The Kier molecular flexibility index (Phi) is 7.24. The number of rotatable bonds is 8. The zero-order chi connectivity index (χ0) is 24.3. The first-order valence-electron chi connectivity index (χ1n) is 10.9. The molecule has 0 radical (unpaired) electrons. The van der Waals surface area contributed by atoms with Gasteiger partial charge in [-0.1, -0.05) is 35.9 Å². The Bertz CT molecular complexity index is 1260. The van der Waals surface area contributed by atoms with Gasteiger partial charge in [-0.05, 0) is 72.5 Å². The molecular formula is C26H25ClFNO4S. The molecule has 3 aromatic rings. The first-order valence-corrected chi connectivity index (χ1v) is 13.4. The summed E-state index contributed by atoms with van der Waals surface area (Å²) in [4.78, 5) is 15.1.